The lowest BCUT2D eigenvalue weighted by Crippen LogP contribution is -2.24. The number of para-hydroxylation sites is 1. The largest absolute Gasteiger partial charge is 0.416 e. The number of benzene rings is 2. The van der Waals surface area contributed by atoms with Gasteiger partial charge in [0.1, 0.15) is 5.56 Å². The Bertz CT molecular complexity index is 1180. The van der Waals surface area contributed by atoms with Crippen LogP contribution in [-0.4, -0.2) is 10.5 Å². The van der Waals surface area contributed by atoms with Crippen LogP contribution in [0, 0.1) is 0 Å². The van der Waals surface area contributed by atoms with Crippen LogP contribution in [0.25, 0.3) is 10.9 Å². The van der Waals surface area contributed by atoms with Crippen LogP contribution in [0.1, 0.15) is 34.5 Å². The predicted molar refractivity (Wildman–Crippen MR) is 101 cm³/mol. The van der Waals surface area contributed by atoms with Gasteiger partial charge in [-0.05, 0) is 43.2 Å². The molecular weight excluding hydrogens is 393 g/mol. The summed E-state index contributed by atoms with van der Waals surface area (Å²) in [5.41, 5.74) is 0.0434. The first-order valence-corrected chi connectivity index (χ1v) is 8.89. The zero-order chi connectivity index (χ0) is 20.2. The van der Waals surface area contributed by atoms with Gasteiger partial charge < -0.3 is 9.88 Å². The number of carbonyl (C=O) groups is 1. The summed E-state index contributed by atoms with van der Waals surface area (Å²) in [6.07, 6.45) is -2.38. The monoisotopic (exact) mass is 406 g/mol. The first-order valence-electron chi connectivity index (χ1n) is 8.51. The van der Waals surface area contributed by atoms with Gasteiger partial charge in [-0.25, -0.2) is 0 Å². The minimum absolute atomic E-state index is 0.0533. The predicted octanol–water partition coefficient (Wildman–Crippen LogP) is 5.04. The van der Waals surface area contributed by atoms with Gasteiger partial charge in [0, 0.05) is 17.6 Å². The molecule has 144 valence electrons. The summed E-state index contributed by atoms with van der Waals surface area (Å²) < 4.78 is 40.7. The third kappa shape index (κ3) is 2.96. The maximum atomic E-state index is 12.9. The molecule has 0 saturated heterocycles. The molecule has 0 fully saturated rings. The summed E-state index contributed by atoms with van der Waals surface area (Å²) in [4.78, 5) is 25.5. The van der Waals surface area contributed by atoms with Crippen molar-refractivity contribution in [3.8, 4) is 0 Å². The molecule has 28 heavy (non-hydrogen) atoms. The van der Waals surface area contributed by atoms with Crippen LogP contribution in [0.4, 0.5) is 18.9 Å². The highest BCUT2D eigenvalue weighted by Crippen LogP contribution is 2.34. The van der Waals surface area contributed by atoms with E-state index in [2.05, 4.69) is 5.32 Å². The van der Waals surface area contributed by atoms with Crippen molar-refractivity contribution in [2.24, 2.45) is 0 Å². The average Bonchev–Trinajstić information content (AvgIpc) is 2.95. The highest BCUT2D eigenvalue weighted by Gasteiger charge is 2.31. The standard InChI is InChI=1S/C20H14ClF3N2O2/c1-10-7-11-3-2-4-13-17(11)26(10)9-14(18(13)27)19(28)25-16-8-12(20(22,23)24)5-6-15(16)21/h2-6,8-10H,7H2,1H3,(H,25,28). The van der Waals surface area contributed by atoms with E-state index < -0.39 is 23.1 Å². The second-order valence-corrected chi connectivity index (χ2v) is 7.20. The van der Waals surface area contributed by atoms with E-state index >= 15 is 0 Å². The van der Waals surface area contributed by atoms with E-state index in [1.54, 1.807) is 12.1 Å². The number of aromatic nitrogens is 1. The van der Waals surface area contributed by atoms with Gasteiger partial charge >= 0.3 is 6.18 Å². The van der Waals surface area contributed by atoms with Crippen LogP contribution in [0.2, 0.25) is 5.02 Å². The lowest BCUT2D eigenvalue weighted by Gasteiger charge is -2.14. The van der Waals surface area contributed by atoms with Crippen LogP contribution in [0.3, 0.4) is 0 Å². The molecule has 0 aliphatic carbocycles. The number of hydrogen-bond acceptors (Lipinski definition) is 2. The van der Waals surface area contributed by atoms with E-state index in [0.717, 1.165) is 35.7 Å². The van der Waals surface area contributed by atoms with Gasteiger partial charge in [-0.2, -0.15) is 13.2 Å². The highest BCUT2D eigenvalue weighted by molar-refractivity contribution is 6.34. The molecular formula is C20H14ClF3N2O2. The van der Waals surface area contributed by atoms with E-state index in [-0.39, 0.29) is 22.3 Å². The van der Waals surface area contributed by atoms with Crippen LogP contribution < -0.4 is 10.7 Å². The molecule has 4 rings (SSSR count). The maximum absolute atomic E-state index is 12.9. The quantitative estimate of drug-likeness (QED) is 0.648. The number of halogens is 4. The van der Waals surface area contributed by atoms with Crippen LogP contribution in [-0.2, 0) is 12.6 Å². The van der Waals surface area contributed by atoms with Crippen molar-refractivity contribution in [2.45, 2.75) is 25.6 Å². The Morgan fingerprint density at radius 2 is 2.00 bits per heavy atom. The third-order valence-corrected chi connectivity index (χ3v) is 5.24. The molecule has 1 aliphatic heterocycles. The minimum atomic E-state index is -4.58. The van der Waals surface area contributed by atoms with E-state index in [1.165, 1.54) is 6.20 Å². The number of nitrogens with zero attached hydrogens (tertiary/aromatic N) is 1. The van der Waals surface area contributed by atoms with Crippen molar-refractivity contribution in [2.75, 3.05) is 5.32 Å². The highest BCUT2D eigenvalue weighted by atomic mass is 35.5. The minimum Gasteiger partial charge on any atom is -0.343 e. The van der Waals surface area contributed by atoms with Crippen molar-refractivity contribution < 1.29 is 18.0 Å². The SMILES string of the molecule is CC1Cc2cccc3c(=O)c(C(=O)Nc4cc(C(F)(F)F)ccc4Cl)cn1c23. The van der Waals surface area contributed by atoms with Gasteiger partial charge in [0.2, 0.25) is 5.43 Å². The zero-order valence-corrected chi connectivity index (χ0v) is 15.4. The maximum Gasteiger partial charge on any atom is 0.416 e. The van der Waals surface area contributed by atoms with E-state index in [1.807, 2.05) is 17.6 Å². The summed E-state index contributed by atoms with van der Waals surface area (Å²) in [5.74, 6) is -0.804. The fraction of sp³-hybridized carbons (Fsp3) is 0.200. The Morgan fingerprint density at radius 1 is 1.25 bits per heavy atom. The van der Waals surface area contributed by atoms with Gasteiger partial charge in [-0.15, -0.1) is 0 Å². The summed E-state index contributed by atoms with van der Waals surface area (Å²) in [6, 6.07) is 8.02. The average molecular weight is 407 g/mol. The van der Waals surface area contributed by atoms with Crippen molar-refractivity contribution in [1.82, 2.24) is 4.57 Å². The smallest absolute Gasteiger partial charge is 0.343 e. The van der Waals surface area contributed by atoms with Crippen LogP contribution in [0.15, 0.2) is 47.4 Å². The Balaban J connectivity index is 1.78. The molecule has 1 aromatic heterocycles. The van der Waals surface area contributed by atoms with E-state index in [9.17, 15) is 22.8 Å². The molecule has 1 amide bonds. The van der Waals surface area contributed by atoms with Crippen molar-refractivity contribution in [3.05, 3.63) is 74.5 Å². The van der Waals surface area contributed by atoms with E-state index in [4.69, 9.17) is 11.6 Å². The lowest BCUT2D eigenvalue weighted by atomic mass is 10.1. The Labute approximate surface area is 162 Å². The lowest BCUT2D eigenvalue weighted by molar-refractivity contribution is -0.137. The van der Waals surface area contributed by atoms with Gasteiger partial charge in [-0.1, -0.05) is 23.7 Å². The molecule has 1 atom stereocenters. The summed E-state index contributed by atoms with van der Waals surface area (Å²) >= 11 is 5.94. The first-order chi connectivity index (χ1) is 13.2. The number of hydrogen-bond donors (Lipinski definition) is 1. The summed E-state index contributed by atoms with van der Waals surface area (Å²) in [7, 11) is 0. The second kappa shape index (κ2) is 6.38. The number of pyridine rings is 1. The zero-order valence-electron chi connectivity index (χ0n) is 14.6. The molecule has 3 aromatic rings. The Kier molecular flexibility index (Phi) is 4.23. The van der Waals surface area contributed by atoms with Crippen molar-refractivity contribution >= 4 is 34.1 Å². The normalized spacial score (nSPS) is 15.8. The number of amides is 1. The van der Waals surface area contributed by atoms with Crippen LogP contribution >= 0.6 is 11.6 Å². The van der Waals surface area contributed by atoms with E-state index in [0.29, 0.717) is 5.39 Å². The van der Waals surface area contributed by atoms with Gasteiger partial charge in [-0.3, -0.25) is 9.59 Å². The number of rotatable bonds is 2. The fourth-order valence-electron chi connectivity index (χ4n) is 3.56. The fourth-order valence-corrected chi connectivity index (χ4v) is 3.73. The van der Waals surface area contributed by atoms with Crippen molar-refractivity contribution in [1.29, 1.82) is 0 Å². The summed E-state index contributed by atoms with van der Waals surface area (Å²) in [6.45, 7) is 1.97. The molecule has 2 heterocycles. The molecule has 0 saturated carbocycles. The third-order valence-electron chi connectivity index (χ3n) is 4.91. The molecule has 1 unspecified atom stereocenters. The Hall–Kier alpha value is -2.80. The molecule has 1 N–H and O–H groups in total. The molecule has 4 nitrogen and oxygen atoms in total. The topological polar surface area (TPSA) is 51.1 Å². The van der Waals surface area contributed by atoms with Gasteiger partial charge in [0.05, 0.1) is 21.8 Å². The molecule has 0 radical (unpaired) electrons. The molecule has 0 bridgehead atoms. The van der Waals surface area contributed by atoms with Gasteiger partial charge in [0.25, 0.3) is 5.91 Å². The number of carbonyl (C=O) groups excluding carboxylic acids is 1. The first kappa shape index (κ1) is 18.6. The molecule has 8 heteroatoms. The number of alkyl halides is 3. The number of anilines is 1. The van der Waals surface area contributed by atoms with Gasteiger partial charge in [0.15, 0.2) is 0 Å². The molecule has 0 spiro atoms. The molecule has 2 aromatic carbocycles. The van der Waals surface area contributed by atoms with Crippen molar-refractivity contribution in [3.63, 3.8) is 0 Å². The number of nitrogens with one attached hydrogen (secondary N) is 1. The molecule has 1 aliphatic rings. The second-order valence-electron chi connectivity index (χ2n) is 6.79. The van der Waals surface area contributed by atoms with Crippen LogP contribution in [0.5, 0.6) is 0 Å². The Morgan fingerprint density at radius 3 is 2.71 bits per heavy atom. The summed E-state index contributed by atoms with van der Waals surface area (Å²) in [5, 5.41) is 2.70.